The molecule has 1 atom stereocenters. The predicted molar refractivity (Wildman–Crippen MR) is 84.5 cm³/mol. The quantitative estimate of drug-likeness (QED) is 0.920. The van der Waals surface area contributed by atoms with Gasteiger partial charge in [0.25, 0.3) is 5.91 Å². The largest absolute Gasteiger partial charge is 0.337 e. The Labute approximate surface area is 125 Å². The van der Waals surface area contributed by atoms with Crippen molar-refractivity contribution < 1.29 is 4.79 Å². The van der Waals surface area contributed by atoms with Gasteiger partial charge in [-0.3, -0.25) is 9.78 Å². The Balaban J connectivity index is 1.96. The summed E-state index contributed by atoms with van der Waals surface area (Å²) in [6.45, 7) is 3.56. The van der Waals surface area contributed by atoms with Crippen LogP contribution in [0.2, 0.25) is 0 Å². The Morgan fingerprint density at radius 1 is 1.33 bits per heavy atom. The second-order valence-corrected chi connectivity index (χ2v) is 5.71. The number of carbonyl (C=O) groups excluding carboxylic acids is 1. The summed E-state index contributed by atoms with van der Waals surface area (Å²) in [6, 6.07) is 10.2. The van der Waals surface area contributed by atoms with Crippen LogP contribution in [0, 0.1) is 6.92 Å². The van der Waals surface area contributed by atoms with Crippen LogP contribution in [0.15, 0.2) is 30.3 Å². The number of fused-ring (bicyclic) bond motifs is 1. The monoisotopic (exact) mass is 283 g/mol. The zero-order valence-corrected chi connectivity index (χ0v) is 12.6. The summed E-state index contributed by atoms with van der Waals surface area (Å²) in [5.41, 5.74) is 2.47. The lowest BCUT2D eigenvalue weighted by Gasteiger charge is -2.32. The molecule has 0 unspecified atom stereocenters. The number of aromatic nitrogens is 1. The molecular weight excluding hydrogens is 262 g/mol. The molecule has 1 aromatic carbocycles. The molecule has 21 heavy (non-hydrogen) atoms. The van der Waals surface area contributed by atoms with E-state index in [1.807, 2.05) is 49.2 Å². The van der Waals surface area contributed by atoms with E-state index in [2.05, 4.69) is 10.3 Å². The molecule has 0 bridgehead atoms. The summed E-state index contributed by atoms with van der Waals surface area (Å²) in [4.78, 5) is 19.4. The number of likely N-dealkylation sites (tertiary alicyclic amines) is 1. The highest BCUT2D eigenvalue weighted by Gasteiger charge is 2.24. The topological polar surface area (TPSA) is 45.2 Å². The van der Waals surface area contributed by atoms with Crippen LogP contribution in [-0.4, -0.2) is 42.0 Å². The Morgan fingerprint density at radius 2 is 2.19 bits per heavy atom. The first kappa shape index (κ1) is 14.0. The minimum absolute atomic E-state index is 0.0960. The molecule has 0 saturated carbocycles. The molecule has 1 aliphatic rings. The van der Waals surface area contributed by atoms with E-state index in [0.717, 1.165) is 42.5 Å². The van der Waals surface area contributed by atoms with Crippen LogP contribution in [0.1, 0.15) is 28.9 Å². The maximum Gasteiger partial charge on any atom is 0.256 e. The van der Waals surface area contributed by atoms with E-state index in [1.54, 1.807) is 0 Å². The molecule has 0 radical (unpaired) electrons. The van der Waals surface area contributed by atoms with Crippen LogP contribution in [0.4, 0.5) is 0 Å². The van der Waals surface area contributed by atoms with Gasteiger partial charge in [0.15, 0.2) is 0 Å². The van der Waals surface area contributed by atoms with Crippen molar-refractivity contribution in [1.82, 2.24) is 15.2 Å². The van der Waals surface area contributed by atoms with Crippen molar-refractivity contribution in [2.45, 2.75) is 25.8 Å². The average Bonchev–Trinajstić information content (AvgIpc) is 2.53. The highest BCUT2D eigenvalue weighted by Crippen LogP contribution is 2.21. The van der Waals surface area contributed by atoms with Gasteiger partial charge < -0.3 is 10.2 Å². The Hall–Kier alpha value is -1.94. The number of hydrogen-bond donors (Lipinski definition) is 1. The third-order valence-corrected chi connectivity index (χ3v) is 4.21. The molecule has 110 valence electrons. The van der Waals surface area contributed by atoms with Gasteiger partial charge in [-0.05, 0) is 38.9 Å². The summed E-state index contributed by atoms with van der Waals surface area (Å²) in [5, 5.41) is 4.30. The maximum atomic E-state index is 12.8. The lowest BCUT2D eigenvalue weighted by molar-refractivity contribution is 0.0700. The van der Waals surface area contributed by atoms with Crippen molar-refractivity contribution >= 4 is 16.8 Å². The number of aryl methyl sites for hydroxylation is 1. The molecule has 1 amide bonds. The fourth-order valence-electron chi connectivity index (χ4n) is 2.98. The molecule has 1 saturated heterocycles. The molecule has 0 aliphatic carbocycles. The Morgan fingerprint density at radius 3 is 3.00 bits per heavy atom. The fraction of sp³-hybridized carbons (Fsp3) is 0.412. The minimum atomic E-state index is 0.0960. The molecular formula is C17H21N3O. The number of rotatable bonds is 2. The van der Waals surface area contributed by atoms with Crippen molar-refractivity contribution in [3.8, 4) is 0 Å². The molecule has 1 aliphatic heterocycles. The van der Waals surface area contributed by atoms with Crippen molar-refractivity contribution in [2.75, 3.05) is 20.1 Å². The number of likely N-dealkylation sites (N-methyl/N-ethyl adjacent to an activating group) is 1. The van der Waals surface area contributed by atoms with Crippen molar-refractivity contribution in [2.24, 2.45) is 0 Å². The van der Waals surface area contributed by atoms with Crippen LogP contribution >= 0.6 is 0 Å². The smallest absolute Gasteiger partial charge is 0.256 e. The predicted octanol–water partition coefficient (Wildman–Crippen LogP) is 2.37. The third-order valence-electron chi connectivity index (χ3n) is 4.21. The standard InChI is InChI=1S/C17H21N3O/c1-12-8-9-13-5-3-7-15(16(13)19-12)17(21)20-10-4-6-14(11-20)18-2/h3,5,7-9,14,18H,4,6,10-11H2,1-2H3/t14-/m1/s1. The highest BCUT2D eigenvalue weighted by atomic mass is 16.2. The zero-order chi connectivity index (χ0) is 14.8. The van der Waals surface area contributed by atoms with Gasteiger partial charge in [0.1, 0.15) is 0 Å². The Kier molecular flexibility index (Phi) is 3.88. The number of carbonyl (C=O) groups is 1. The molecule has 4 heteroatoms. The van der Waals surface area contributed by atoms with Gasteiger partial charge >= 0.3 is 0 Å². The molecule has 3 rings (SSSR count). The summed E-state index contributed by atoms with van der Waals surface area (Å²) in [6.07, 6.45) is 2.18. The summed E-state index contributed by atoms with van der Waals surface area (Å²) in [5.74, 6) is 0.0960. The first-order valence-corrected chi connectivity index (χ1v) is 7.52. The van der Waals surface area contributed by atoms with Crippen LogP contribution in [0.5, 0.6) is 0 Å². The minimum Gasteiger partial charge on any atom is -0.337 e. The second-order valence-electron chi connectivity index (χ2n) is 5.71. The van der Waals surface area contributed by atoms with Gasteiger partial charge in [-0.1, -0.05) is 18.2 Å². The number of amides is 1. The van der Waals surface area contributed by atoms with E-state index in [4.69, 9.17) is 0 Å². The number of para-hydroxylation sites is 1. The highest BCUT2D eigenvalue weighted by molar-refractivity contribution is 6.05. The summed E-state index contributed by atoms with van der Waals surface area (Å²) in [7, 11) is 1.96. The van der Waals surface area contributed by atoms with Gasteiger partial charge in [0, 0.05) is 30.2 Å². The fourth-order valence-corrected chi connectivity index (χ4v) is 2.98. The number of nitrogens with one attached hydrogen (secondary N) is 1. The number of benzene rings is 1. The van der Waals surface area contributed by atoms with Gasteiger partial charge in [-0.15, -0.1) is 0 Å². The van der Waals surface area contributed by atoms with Crippen molar-refractivity contribution in [1.29, 1.82) is 0 Å². The number of pyridine rings is 1. The Bertz CT molecular complexity index is 668. The molecule has 2 aromatic rings. The lowest BCUT2D eigenvalue weighted by atomic mass is 10.0. The summed E-state index contributed by atoms with van der Waals surface area (Å²) < 4.78 is 0. The van der Waals surface area contributed by atoms with Crippen LogP contribution < -0.4 is 5.32 Å². The van der Waals surface area contributed by atoms with E-state index in [9.17, 15) is 4.79 Å². The number of nitrogens with zero attached hydrogens (tertiary/aromatic N) is 2. The van der Waals surface area contributed by atoms with Crippen LogP contribution in [0.25, 0.3) is 10.9 Å². The van der Waals surface area contributed by atoms with E-state index >= 15 is 0 Å². The zero-order valence-electron chi connectivity index (χ0n) is 12.6. The number of piperidine rings is 1. The van der Waals surface area contributed by atoms with Crippen LogP contribution in [0.3, 0.4) is 0 Å². The molecule has 1 N–H and O–H groups in total. The van der Waals surface area contributed by atoms with E-state index in [-0.39, 0.29) is 5.91 Å². The molecule has 1 fully saturated rings. The van der Waals surface area contributed by atoms with Gasteiger partial charge in [-0.25, -0.2) is 0 Å². The van der Waals surface area contributed by atoms with Gasteiger partial charge in [0.2, 0.25) is 0 Å². The first-order valence-electron chi connectivity index (χ1n) is 7.52. The SMILES string of the molecule is CN[C@@H]1CCCN(C(=O)c2cccc3ccc(C)nc23)C1. The first-order chi connectivity index (χ1) is 10.2. The van der Waals surface area contributed by atoms with E-state index in [1.165, 1.54) is 0 Å². The molecule has 0 spiro atoms. The maximum absolute atomic E-state index is 12.8. The third kappa shape index (κ3) is 2.76. The van der Waals surface area contributed by atoms with Crippen LogP contribution in [-0.2, 0) is 0 Å². The van der Waals surface area contributed by atoms with Crippen molar-refractivity contribution in [3.63, 3.8) is 0 Å². The van der Waals surface area contributed by atoms with E-state index in [0.29, 0.717) is 11.6 Å². The van der Waals surface area contributed by atoms with Gasteiger partial charge in [0.05, 0.1) is 11.1 Å². The lowest BCUT2D eigenvalue weighted by Crippen LogP contribution is -2.47. The molecule has 2 heterocycles. The second kappa shape index (κ2) is 5.82. The number of hydrogen-bond acceptors (Lipinski definition) is 3. The van der Waals surface area contributed by atoms with Crippen molar-refractivity contribution in [3.05, 3.63) is 41.6 Å². The summed E-state index contributed by atoms with van der Waals surface area (Å²) >= 11 is 0. The normalized spacial score (nSPS) is 19.0. The van der Waals surface area contributed by atoms with E-state index < -0.39 is 0 Å². The molecule has 4 nitrogen and oxygen atoms in total. The average molecular weight is 283 g/mol. The van der Waals surface area contributed by atoms with Gasteiger partial charge in [-0.2, -0.15) is 0 Å². The molecule has 1 aromatic heterocycles.